The summed E-state index contributed by atoms with van der Waals surface area (Å²) in [6.07, 6.45) is 5.53. The number of amides is 1. The summed E-state index contributed by atoms with van der Waals surface area (Å²) in [7, 11) is 0. The van der Waals surface area contributed by atoms with Crippen molar-refractivity contribution in [1.29, 1.82) is 0 Å². The van der Waals surface area contributed by atoms with Gasteiger partial charge >= 0.3 is 0 Å². The first-order valence-electron chi connectivity index (χ1n) is 7.70. The van der Waals surface area contributed by atoms with Crippen molar-refractivity contribution in [3.63, 3.8) is 0 Å². The molecular weight excluding hydrogens is 278 g/mol. The Balaban J connectivity index is 1.53. The van der Waals surface area contributed by atoms with Crippen LogP contribution in [0.15, 0.2) is 36.9 Å². The lowest BCUT2D eigenvalue weighted by molar-refractivity contribution is -0.124. The maximum Gasteiger partial charge on any atom is 0.244 e. The number of anilines is 1. The third-order valence-electron chi connectivity index (χ3n) is 4.09. The van der Waals surface area contributed by atoms with Crippen LogP contribution in [0.4, 0.5) is 5.69 Å². The third-order valence-corrected chi connectivity index (χ3v) is 4.09. The SMILES string of the molecule is C[C@H](C(=O)NCc1ccc(N2CCCC2)cc1)n1cncn1. The minimum atomic E-state index is -0.355. The van der Waals surface area contributed by atoms with Crippen LogP contribution in [0.3, 0.4) is 0 Å². The number of hydrogen-bond donors (Lipinski definition) is 1. The number of nitrogens with one attached hydrogen (secondary N) is 1. The van der Waals surface area contributed by atoms with Crippen molar-refractivity contribution in [3.05, 3.63) is 42.5 Å². The van der Waals surface area contributed by atoms with Crippen molar-refractivity contribution in [3.8, 4) is 0 Å². The first-order chi connectivity index (χ1) is 10.7. The molecular formula is C16H21N5O. The molecule has 0 saturated carbocycles. The van der Waals surface area contributed by atoms with E-state index in [4.69, 9.17) is 0 Å². The summed E-state index contributed by atoms with van der Waals surface area (Å²) in [5.74, 6) is -0.0610. The first kappa shape index (κ1) is 14.6. The number of hydrogen-bond acceptors (Lipinski definition) is 4. The van der Waals surface area contributed by atoms with Crippen LogP contribution in [0.25, 0.3) is 0 Å². The van der Waals surface area contributed by atoms with Gasteiger partial charge < -0.3 is 10.2 Å². The molecule has 1 saturated heterocycles. The van der Waals surface area contributed by atoms with Crippen LogP contribution >= 0.6 is 0 Å². The fourth-order valence-electron chi connectivity index (χ4n) is 2.67. The standard InChI is InChI=1S/C16H21N5O/c1-13(21-12-17-11-19-21)16(22)18-10-14-4-6-15(7-5-14)20-8-2-3-9-20/h4-7,11-13H,2-3,8-10H2,1H3,(H,18,22)/t13-/m1/s1. The molecule has 6 nitrogen and oxygen atoms in total. The lowest BCUT2D eigenvalue weighted by Crippen LogP contribution is -2.30. The Morgan fingerprint density at radius 2 is 2.00 bits per heavy atom. The van der Waals surface area contributed by atoms with E-state index in [1.54, 1.807) is 17.9 Å². The summed E-state index contributed by atoms with van der Waals surface area (Å²) in [6, 6.07) is 8.06. The molecule has 0 spiro atoms. The molecule has 1 aromatic carbocycles. The quantitative estimate of drug-likeness (QED) is 0.913. The lowest BCUT2D eigenvalue weighted by Gasteiger charge is -2.18. The summed E-state index contributed by atoms with van der Waals surface area (Å²) in [5, 5.41) is 6.92. The molecule has 1 fully saturated rings. The molecule has 1 atom stereocenters. The summed E-state index contributed by atoms with van der Waals surface area (Å²) in [4.78, 5) is 18.3. The van der Waals surface area contributed by atoms with Gasteiger partial charge in [-0.1, -0.05) is 12.1 Å². The van der Waals surface area contributed by atoms with Crippen molar-refractivity contribution in [2.45, 2.75) is 32.4 Å². The molecule has 0 aliphatic carbocycles. The van der Waals surface area contributed by atoms with Gasteiger partial charge in [0.15, 0.2) is 0 Å². The van der Waals surface area contributed by atoms with Crippen LogP contribution in [-0.4, -0.2) is 33.8 Å². The van der Waals surface area contributed by atoms with E-state index in [2.05, 4.69) is 44.6 Å². The minimum absolute atomic E-state index is 0.0610. The molecule has 0 bridgehead atoms. The second-order valence-electron chi connectivity index (χ2n) is 5.63. The van der Waals surface area contributed by atoms with Crippen LogP contribution < -0.4 is 10.2 Å². The molecule has 2 heterocycles. The van der Waals surface area contributed by atoms with Gasteiger partial charge in [-0.25, -0.2) is 9.67 Å². The van der Waals surface area contributed by atoms with Gasteiger partial charge in [-0.15, -0.1) is 0 Å². The highest BCUT2D eigenvalue weighted by atomic mass is 16.2. The van der Waals surface area contributed by atoms with E-state index in [0.29, 0.717) is 6.54 Å². The highest BCUT2D eigenvalue weighted by molar-refractivity contribution is 5.79. The van der Waals surface area contributed by atoms with Crippen molar-refractivity contribution >= 4 is 11.6 Å². The smallest absolute Gasteiger partial charge is 0.244 e. The fourth-order valence-corrected chi connectivity index (χ4v) is 2.67. The van der Waals surface area contributed by atoms with Crippen molar-refractivity contribution in [1.82, 2.24) is 20.1 Å². The largest absolute Gasteiger partial charge is 0.372 e. The van der Waals surface area contributed by atoms with E-state index in [0.717, 1.165) is 18.7 Å². The van der Waals surface area contributed by atoms with Gasteiger partial charge in [-0.2, -0.15) is 5.10 Å². The minimum Gasteiger partial charge on any atom is -0.372 e. The van der Waals surface area contributed by atoms with Crippen LogP contribution in [0, 0.1) is 0 Å². The highest BCUT2D eigenvalue weighted by Gasteiger charge is 2.15. The molecule has 1 aliphatic rings. The molecule has 3 rings (SSSR count). The second kappa shape index (κ2) is 6.60. The highest BCUT2D eigenvalue weighted by Crippen LogP contribution is 2.20. The molecule has 116 valence electrons. The number of rotatable bonds is 5. The fraction of sp³-hybridized carbons (Fsp3) is 0.438. The molecule has 1 aliphatic heterocycles. The Hall–Kier alpha value is -2.37. The van der Waals surface area contributed by atoms with E-state index in [1.807, 2.05) is 0 Å². The molecule has 1 N–H and O–H groups in total. The predicted octanol–water partition coefficient (Wildman–Crippen LogP) is 1.76. The van der Waals surface area contributed by atoms with Crippen LogP contribution in [-0.2, 0) is 11.3 Å². The van der Waals surface area contributed by atoms with Crippen LogP contribution in [0.2, 0.25) is 0 Å². The topological polar surface area (TPSA) is 63.1 Å². The van der Waals surface area contributed by atoms with Gasteiger partial charge in [0.1, 0.15) is 18.7 Å². The summed E-state index contributed by atoms with van der Waals surface area (Å²) >= 11 is 0. The van der Waals surface area contributed by atoms with Gasteiger partial charge in [0, 0.05) is 25.3 Å². The van der Waals surface area contributed by atoms with E-state index < -0.39 is 0 Å². The van der Waals surface area contributed by atoms with Crippen LogP contribution in [0.1, 0.15) is 31.4 Å². The Labute approximate surface area is 130 Å². The van der Waals surface area contributed by atoms with Gasteiger partial charge in [0.05, 0.1) is 0 Å². The molecule has 6 heteroatoms. The maximum atomic E-state index is 12.1. The van der Waals surface area contributed by atoms with Crippen molar-refractivity contribution in [2.24, 2.45) is 0 Å². The Kier molecular flexibility index (Phi) is 4.37. The molecule has 0 unspecified atom stereocenters. The first-order valence-corrected chi connectivity index (χ1v) is 7.70. The number of carbonyl (C=O) groups excluding carboxylic acids is 1. The number of benzene rings is 1. The third kappa shape index (κ3) is 3.27. The average Bonchev–Trinajstić information content (AvgIpc) is 3.25. The normalized spacial score (nSPS) is 15.8. The van der Waals surface area contributed by atoms with E-state index in [1.165, 1.54) is 24.9 Å². The summed E-state index contributed by atoms with van der Waals surface area (Å²) in [5.41, 5.74) is 2.37. The monoisotopic (exact) mass is 299 g/mol. The molecule has 2 aromatic rings. The number of carbonyl (C=O) groups is 1. The lowest BCUT2D eigenvalue weighted by atomic mass is 10.2. The molecule has 22 heavy (non-hydrogen) atoms. The van der Waals surface area contributed by atoms with E-state index >= 15 is 0 Å². The summed E-state index contributed by atoms with van der Waals surface area (Å²) in [6.45, 7) is 4.62. The second-order valence-corrected chi connectivity index (χ2v) is 5.63. The van der Waals surface area contributed by atoms with Crippen molar-refractivity contribution in [2.75, 3.05) is 18.0 Å². The van der Waals surface area contributed by atoms with Crippen LogP contribution in [0.5, 0.6) is 0 Å². The zero-order chi connectivity index (χ0) is 15.4. The Bertz CT molecular complexity index is 602. The summed E-state index contributed by atoms with van der Waals surface area (Å²) < 4.78 is 1.55. The zero-order valence-electron chi connectivity index (χ0n) is 12.8. The van der Waals surface area contributed by atoms with E-state index in [-0.39, 0.29) is 11.9 Å². The molecule has 1 aromatic heterocycles. The van der Waals surface area contributed by atoms with Crippen molar-refractivity contribution < 1.29 is 4.79 Å². The average molecular weight is 299 g/mol. The Morgan fingerprint density at radius 3 is 2.64 bits per heavy atom. The Morgan fingerprint density at radius 1 is 1.27 bits per heavy atom. The van der Waals surface area contributed by atoms with Gasteiger partial charge in [0.25, 0.3) is 0 Å². The predicted molar refractivity (Wildman–Crippen MR) is 84.5 cm³/mol. The molecule has 0 radical (unpaired) electrons. The zero-order valence-corrected chi connectivity index (χ0v) is 12.8. The molecule has 1 amide bonds. The van der Waals surface area contributed by atoms with Gasteiger partial charge in [-0.05, 0) is 37.5 Å². The van der Waals surface area contributed by atoms with Gasteiger partial charge in [0.2, 0.25) is 5.91 Å². The van der Waals surface area contributed by atoms with E-state index in [9.17, 15) is 4.79 Å². The van der Waals surface area contributed by atoms with Gasteiger partial charge in [-0.3, -0.25) is 4.79 Å². The number of aromatic nitrogens is 3. The number of nitrogens with zero attached hydrogens (tertiary/aromatic N) is 4. The maximum absolute atomic E-state index is 12.1.